The van der Waals surface area contributed by atoms with Crippen molar-refractivity contribution >= 4 is 17.1 Å². The third-order valence-corrected chi connectivity index (χ3v) is 3.10. The van der Waals surface area contributed by atoms with Crippen LogP contribution in [-0.4, -0.2) is 23.9 Å². The van der Waals surface area contributed by atoms with Gasteiger partial charge in [0.05, 0.1) is 11.4 Å². The zero-order valence-corrected chi connectivity index (χ0v) is 8.14. The van der Waals surface area contributed by atoms with E-state index in [-0.39, 0.29) is 5.92 Å². The Kier molecular flexibility index (Phi) is 2.71. The minimum atomic E-state index is 0.226. The maximum absolute atomic E-state index is 11.6. The lowest BCUT2D eigenvalue weighted by molar-refractivity contribution is -0.121. The molecule has 2 heterocycles. The van der Waals surface area contributed by atoms with Gasteiger partial charge in [0.2, 0.25) is 0 Å². The fourth-order valence-electron chi connectivity index (χ4n) is 1.56. The molecule has 0 aliphatic carbocycles. The SMILES string of the molecule is O=C(Cc1nccs1)C1CCNC1. The van der Waals surface area contributed by atoms with E-state index in [1.807, 2.05) is 5.38 Å². The van der Waals surface area contributed by atoms with E-state index >= 15 is 0 Å². The molecule has 0 saturated carbocycles. The molecule has 4 heteroatoms. The molecule has 1 aliphatic rings. The highest BCUT2D eigenvalue weighted by Gasteiger charge is 2.22. The summed E-state index contributed by atoms with van der Waals surface area (Å²) in [6.45, 7) is 1.83. The molecule has 1 atom stereocenters. The Bertz CT molecular complexity index is 278. The van der Waals surface area contributed by atoms with Gasteiger partial charge in [-0.1, -0.05) is 0 Å². The Morgan fingerprint density at radius 3 is 3.31 bits per heavy atom. The molecule has 0 aromatic carbocycles. The number of thiazole rings is 1. The van der Waals surface area contributed by atoms with Crippen LogP contribution in [0.1, 0.15) is 11.4 Å². The normalized spacial score (nSPS) is 22.0. The largest absolute Gasteiger partial charge is 0.316 e. The van der Waals surface area contributed by atoms with Gasteiger partial charge < -0.3 is 5.32 Å². The minimum Gasteiger partial charge on any atom is -0.316 e. The van der Waals surface area contributed by atoms with E-state index in [2.05, 4.69) is 10.3 Å². The molecular formula is C9H12N2OS. The molecule has 2 rings (SSSR count). The second kappa shape index (κ2) is 3.98. The summed E-state index contributed by atoms with van der Waals surface area (Å²) in [6.07, 6.45) is 3.26. The first-order valence-corrected chi connectivity index (χ1v) is 5.36. The van der Waals surface area contributed by atoms with Crippen molar-refractivity contribution in [2.75, 3.05) is 13.1 Å². The second-order valence-electron chi connectivity index (χ2n) is 3.26. The number of nitrogens with zero attached hydrogens (tertiary/aromatic N) is 1. The predicted octanol–water partition coefficient (Wildman–Crippen LogP) is 0.864. The molecule has 70 valence electrons. The average Bonchev–Trinajstić information content (AvgIpc) is 2.74. The van der Waals surface area contributed by atoms with Gasteiger partial charge in [-0.05, 0) is 13.0 Å². The lowest BCUT2D eigenvalue weighted by Crippen LogP contribution is -2.19. The Morgan fingerprint density at radius 2 is 2.69 bits per heavy atom. The number of carbonyl (C=O) groups excluding carboxylic acids is 1. The van der Waals surface area contributed by atoms with E-state index < -0.39 is 0 Å². The standard InChI is InChI=1S/C9H12N2OS/c12-8(7-1-2-10-6-7)5-9-11-3-4-13-9/h3-4,7,10H,1-2,5-6H2. The summed E-state index contributed by atoms with van der Waals surface area (Å²) < 4.78 is 0. The Hall–Kier alpha value is -0.740. The van der Waals surface area contributed by atoms with Crippen molar-refractivity contribution in [2.45, 2.75) is 12.8 Å². The first-order valence-electron chi connectivity index (χ1n) is 4.48. The first-order chi connectivity index (χ1) is 6.36. The molecule has 1 aliphatic heterocycles. The molecule has 1 saturated heterocycles. The molecule has 1 fully saturated rings. The molecule has 0 radical (unpaired) electrons. The van der Waals surface area contributed by atoms with Crippen LogP contribution in [0.4, 0.5) is 0 Å². The van der Waals surface area contributed by atoms with E-state index in [1.54, 1.807) is 17.5 Å². The van der Waals surface area contributed by atoms with E-state index in [4.69, 9.17) is 0 Å². The highest BCUT2D eigenvalue weighted by molar-refractivity contribution is 7.09. The average molecular weight is 196 g/mol. The summed E-state index contributed by atoms with van der Waals surface area (Å²) in [6, 6.07) is 0. The Morgan fingerprint density at radius 1 is 1.77 bits per heavy atom. The van der Waals surface area contributed by atoms with Crippen molar-refractivity contribution in [2.24, 2.45) is 5.92 Å². The van der Waals surface area contributed by atoms with Crippen molar-refractivity contribution in [1.29, 1.82) is 0 Å². The summed E-state index contributed by atoms with van der Waals surface area (Å²) in [5.74, 6) is 0.559. The number of Topliss-reactive ketones (excluding diaryl/α,β-unsaturated/α-hetero) is 1. The van der Waals surface area contributed by atoms with Gasteiger partial charge >= 0.3 is 0 Å². The summed E-state index contributed by atoms with van der Waals surface area (Å²) in [5, 5.41) is 6.05. The number of ketones is 1. The van der Waals surface area contributed by atoms with Gasteiger partial charge in [0, 0.05) is 24.0 Å². The van der Waals surface area contributed by atoms with Crippen LogP contribution in [0.3, 0.4) is 0 Å². The third-order valence-electron chi connectivity index (χ3n) is 2.32. The molecule has 1 aromatic heterocycles. The van der Waals surface area contributed by atoms with Crippen molar-refractivity contribution in [3.05, 3.63) is 16.6 Å². The number of nitrogens with one attached hydrogen (secondary N) is 1. The molecule has 13 heavy (non-hydrogen) atoms. The zero-order valence-electron chi connectivity index (χ0n) is 7.32. The summed E-state index contributed by atoms with van der Waals surface area (Å²) in [7, 11) is 0. The van der Waals surface area contributed by atoms with E-state index in [0.717, 1.165) is 24.5 Å². The van der Waals surface area contributed by atoms with Crippen LogP contribution in [0.15, 0.2) is 11.6 Å². The van der Waals surface area contributed by atoms with Crippen molar-refractivity contribution in [3.63, 3.8) is 0 Å². The number of carbonyl (C=O) groups is 1. The van der Waals surface area contributed by atoms with Crippen LogP contribution in [0.5, 0.6) is 0 Å². The fourth-order valence-corrected chi connectivity index (χ4v) is 2.19. The van der Waals surface area contributed by atoms with E-state index in [1.165, 1.54) is 0 Å². The monoisotopic (exact) mass is 196 g/mol. The summed E-state index contributed by atoms with van der Waals surface area (Å²) in [5.41, 5.74) is 0. The van der Waals surface area contributed by atoms with Crippen LogP contribution in [0, 0.1) is 5.92 Å². The lowest BCUT2D eigenvalue weighted by Gasteiger charge is -2.04. The second-order valence-corrected chi connectivity index (χ2v) is 4.24. The Labute approximate surface area is 81.2 Å². The number of hydrogen-bond acceptors (Lipinski definition) is 4. The van der Waals surface area contributed by atoms with Crippen molar-refractivity contribution < 1.29 is 4.79 Å². The fraction of sp³-hybridized carbons (Fsp3) is 0.556. The first kappa shape index (κ1) is 8.84. The predicted molar refractivity (Wildman–Crippen MR) is 51.8 cm³/mol. The number of hydrogen-bond donors (Lipinski definition) is 1. The molecule has 0 spiro atoms. The summed E-state index contributed by atoms with van der Waals surface area (Å²) in [4.78, 5) is 15.7. The van der Waals surface area contributed by atoms with Crippen molar-refractivity contribution in [1.82, 2.24) is 10.3 Å². The molecule has 1 N–H and O–H groups in total. The van der Waals surface area contributed by atoms with Gasteiger partial charge in [-0.2, -0.15) is 0 Å². The zero-order chi connectivity index (χ0) is 9.10. The minimum absolute atomic E-state index is 0.226. The van der Waals surface area contributed by atoms with Crippen molar-refractivity contribution in [3.8, 4) is 0 Å². The van der Waals surface area contributed by atoms with E-state index in [0.29, 0.717) is 12.2 Å². The van der Waals surface area contributed by atoms with Crippen LogP contribution in [0.2, 0.25) is 0 Å². The van der Waals surface area contributed by atoms with Gasteiger partial charge in [-0.3, -0.25) is 4.79 Å². The maximum Gasteiger partial charge on any atom is 0.144 e. The van der Waals surface area contributed by atoms with Crippen LogP contribution in [0.25, 0.3) is 0 Å². The molecule has 0 bridgehead atoms. The molecule has 0 amide bonds. The third kappa shape index (κ3) is 2.14. The van der Waals surface area contributed by atoms with Gasteiger partial charge in [0.15, 0.2) is 0 Å². The molecular weight excluding hydrogens is 184 g/mol. The van der Waals surface area contributed by atoms with Crippen LogP contribution >= 0.6 is 11.3 Å². The molecule has 1 aromatic rings. The smallest absolute Gasteiger partial charge is 0.144 e. The Balaban J connectivity index is 1.91. The van der Waals surface area contributed by atoms with Gasteiger partial charge in [0.25, 0.3) is 0 Å². The number of aromatic nitrogens is 1. The molecule has 1 unspecified atom stereocenters. The molecule has 3 nitrogen and oxygen atoms in total. The summed E-state index contributed by atoms with van der Waals surface area (Å²) >= 11 is 1.56. The number of rotatable bonds is 3. The van der Waals surface area contributed by atoms with E-state index in [9.17, 15) is 4.79 Å². The topological polar surface area (TPSA) is 42.0 Å². The van der Waals surface area contributed by atoms with Crippen LogP contribution in [-0.2, 0) is 11.2 Å². The lowest BCUT2D eigenvalue weighted by atomic mass is 10.0. The highest BCUT2D eigenvalue weighted by Crippen LogP contribution is 2.13. The van der Waals surface area contributed by atoms with Gasteiger partial charge in [-0.25, -0.2) is 4.98 Å². The van der Waals surface area contributed by atoms with Crippen LogP contribution < -0.4 is 5.32 Å². The van der Waals surface area contributed by atoms with Gasteiger partial charge in [-0.15, -0.1) is 11.3 Å². The highest BCUT2D eigenvalue weighted by atomic mass is 32.1. The quantitative estimate of drug-likeness (QED) is 0.779. The maximum atomic E-state index is 11.6. The van der Waals surface area contributed by atoms with Gasteiger partial charge in [0.1, 0.15) is 5.78 Å².